The molecule has 0 saturated heterocycles. The minimum atomic E-state index is -0.350. The lowest BCUT2D eigenvalue weighted by Crippen LogP contribution is -2.16. The SMILES string of the molecule is C=CCn1c(=NC(=O)/C=C/c2ccccc2Cl)sc2cccc(OCC)c21. The summed E-state index contributed by atoms with van der Waals surface area (Å²) in [6.07, 6.45) is 4.87. The van der Waals surface area contributed by atoms with E-state index in [1.54, 1.807) is 18.2 Å². The molecule has 6 heteroatoms. The van der Waals surface area contributed by atoms with Crippen LogP contribution in [0.1, 0.15) is 12.5 Å². The van der Waals surface area contributed by atoms with Gasteiger partial charge in [0.2, 0.25) is 0 Å². The maximum atomic E-state index is 12.4. The molecule has 0 aliphatic rings. The van der Waals surface area contributed by atoms with Gasteiger partial charge in [0.15, 0.2) is 4.80 Å². The highest BCUT2D eigenvalue weighted by Gasteiger charge is 2.11. The van der Waals surface area contributed by atoms with E-state index in [9.17, 15) is 4.79 Å². The lowest BCUT2D eigenvalue weighted by Gasteiger charge is -2.07. The maximum absolute atomic E-state index is 12.4. The van der Waals surface area contributed by atoms with Gasteiger partial charge in [-0.05, 0) is 36.8 Å². The Morgan fingerprint density at radius 1 is 1.30 bits per heavy atom. The number of hydrogen-bond acceptors (Lipinski definition) is 3. The van der Waals surface area contributed by atoms with Gasteiger partial charge in [-0.1, -0.05) is 53.3 Å². The van der Waals surface area contributed by atoms with E-state index >= 15 is 0 Å². The molecule has 3 rings (SSSR count). The molecule has 0 unspecified atom stereocenters. The predicted octanol–water partition coefficient (Wildman–Crippen LogP) is 5.08. The summed E-state index contributed by atoms with van der Waals surface area (Å²) in [5.74, 6) is 0.422. The molecule has 0 aliphatic heterocycles. The smallest absolute Gasteiger partial charge is 0.272 e. The third-order valence-corrected chi connectivity index (χ3v) is 5.18. The average molecular weight is 399 g/mol. The van der Waals surface area contributed by atoms with Crippen LogP contribution < -0.4 is 9.54 Å². The summed E-state index contributed by atoms with van der Waals surface area (Å²) in [7, 11) is 0. The molecule has 0 spiro atoms. The Labute approximate surface area is 166 Å². The first-order valence-electron chi connectivity index (χ1n) is 8.51. The van der Waals surface area contributed by atoms with Crippen LogP contribution in [-0.2, 0) is 11.3 Å². The van der Waals surface area contributed by atoms with Crippen molar-refractivity contribution < 1.29 is 9.53 Å². The standard InChI is InChI=1S/C21H19ClN2O2S/c1-3-14-24-20-17(26-4-2)10-7-11-18(20)27-21(24)23-19(25)13-12-15-8-5-6-9-16(15)22/h3,5-13H,1,4,14H2,2H3/b13-12+,23-21?. The van der Waals surface area contributed by atoms with E-state index in [0.29, 0.717) is 23.0 Å². The normalized spacial score (nSPS) is 12.0. The largest absolute Gasteiger partial charge is 0.492 e. The van der Waals surface area contributed by atoms with E-state index in [1.807, 2.05) is 47.9 Å². The quantitative estimate of drug-likeness (QED) is 0.429. The second-order valence-electron chi connectivity index (χ2n) is 5.62. The molecule has 1 amide bonds. The Morgan fingerprint density at radius 2 is 2.11 bits per heavy atom. The third kappa shape index (κ3) is 4.38. The summed E-state index contributed by atoms with van der Waals surface area (Å²) < 4.78 is 8.69. The molecule has 0 atom stereocenters. The Hall–Kier alpha value is -2.63. The molecule has 0 radical (unpaired) electrons. The maximum Gasteiger partial charge on any atom is 0.272 e. The van der Waals surface area contributed by atoms with Crippen LogP contribution in [0.3, 0.4) is 0 Å². The van der Waals surface area contributed by atoms with Crippen LogP contribution in [0, 0.1) is 0 Å². The zero-order chi connectivity index (χ0) is 19.2. The minimum Gasteiger partial charge on any atom is -0.492 e. The minimum absolute atomic E-state index is 0.350. The van der Waals surface area contributed by atoms with Crippen LogP contribution in [0.2, 0.25) is 5.02 Å². The fourth-order valence-electron chi connectivity index (χ4n) is 2.66. The summed E-state index contributed by atoms with van der Waals surface area (Å²) in [5.41, 5.74) is 1.70. The Morgan fingerprint density at radius 3 is 2.85 bits per heavy atom. The van der Waals surface area contributed by atoms with Crippen molar-refractivity contribution in [3.05, 3.63) is 76.6 Å². The number of nitrogens with zero attached hydrogens (tertiary/aromatic N) is 2. The van der Waals surface area contributed by atoms with Crippen molar-refractivity contribution >= 4 is 45.1 Å². The summed E-state index contributed by atoms with van der Waals surface area (Å²) in [5, 5.41) is 0.589. The monoisotopic (exact) mass is 398 g/mol. The zero-order valence-corrected chi connectivity index (χ0v) is 16.5. The van der Waals surface area contributed by atoms with Crippen molar-refractivity contribution in [1.82, 2.24) is 4.57 Å². The van der Waals surface area contributed by atoms with E-state index in [4.69, 9.17) is 16.3 Å². The van der Waals surface area contributed by atoms with Crippen molar-refractivity contribution in [2.75, 3.05) is 6.61 Å². The second kappa shape index (κ2) is 8.84. The number of carbonyl (C=O) groups excluding carboxylic acids is 1. The third-order valence-electron chi connectivity index (χ3n) is 3.79. The zero-order valence-electron chi connectivity index (χ0n) is 14.9. The number of rotatable bonds is 6. The van der Waals surface area contributed by atoms with Gasteiger partial charge in [0.25, 0.3) is 5.91 Å². The number of halogens is 1. The van der Waals surface area contributed by atoms with Crippen molar-refractivity contribution in [3.63, 3.8) is 0 Å². The Bertz CT molecular complexity index is 1080. The van der Waals surface area contributed by atoms with Gasteiger partial charge in [-0.25, -0.2) is 0 Å². The predicted molar refractivity (Wildman–Crippen MR) is 112 cm³/mol. The number of para-hydroxylation sites is 1. The van der Waals surface area contributed by atoms with Crippen LogP contribution >= 0.6 is 22.9 Å². The number of carbonyl (C=O) groups is 1. The number of thiazole rings is 1. The molecule has 3 aromatic rings. The number of amides is 1. The van der Waals surface area contributed by atoms with Crippen LogP contribution in [0.4, 0.5) is 0 Å². The molecule has 27 heavy (non-hydrogen) atoms. The molecule has 1 aromatic heterocycles. The van der Waals surface area contributed by atoms with Gasteiger partial charge in [0.05, 0.1) is 11.3 Å². The number of benzene rings is 2. The van der Waals surface area contributed by atoms with Crippen LogP contribution in [-0.4, -0.2) is 17.1 Å². The molecule has 4 nitrogen and oxygen atoms in total. The lowest BCUT2D eigenvalue weighted by atomic mass is 10.2. The summed E-state index contributed by atoms with van der Waals surface area (Å²) >= 11 is 7.56. The Balaban J connectivity index is 2.03. The van der Waals surface area contributed by atoms with Crippen molar-refractivity contribution in [1.29, 1.82) is 0 Å². The van der Waals surface area contributed by atoms with Gasteiger partial charge in [0.1, 0.15) is 11.3 Å². The first kappa shape index (κ1) is 19.1. The fraction of sp³-hybridized carbons (Fsp3) is 0.143. The Kier molecular flexibility index (Phi) is 6.27. The van der Waals surface area contributed by atoms with Crippen molar-refractivity contribution in [2.45, 2.75) is 13.5 Å². The van der Waals surface area contributed by atoms with Crippen LogP contribution in [0.15, 0.2) is 66.2 Å². The number of aromatic nitrogens is 1. The number of ether oxygens (including phenoxy) is 1. The first-order chi connectivity index (χ1) is 13.1. The van der Waals surface area contributed by atoms with Crippen molar-refractivity contribution in [3.8, 4) is 5.75 Å². The van der Waals surface area contributed by atoms with Gasteiger partial charge in [-0.15, -0.1) is 6.58 Å². The van der Waals surface area contributed by atoms with Gasteiger partial charge in [-0.2, -0.15) is 4.99 Å². The molecule has 138 valence electrons. The lowest BCUT2D eigenvalue weighted by molar-refractivity contribution is -0.113. The molecular weight excluding hydrogens is 380 g/mol. The molecule has 0 saturated carbocycles. The molecule has 0 aliphatic carbocycles. The number of fused-ring (bicyclic) bond motifs is 1. The highest BCUT2D eigenvalue weighted by atomic mass is 35.5. The average Bonchev–Trinajstić information content (AvgIpc) is 3.00. The molecular formula is C21H19ClN2O2S. The van der Waals surface area contributed by atoms with Gasteiger partial charge in [-0.3, -0.25) is 4.79 Å². The highest BCUT2D eigenvalue weighted by molar-refractivity contribution is 7.16. The van der Waals surface area contributed by atoms with Crippen LogP contribution in [0.25, 0.3) is 16.3 Å². The molecule has 0 N–H and O–H groups in total. The molecule has 0 fully saturated rings. The van der Waals surface area contributed by atoms with E-state index in [0.717, 1.165) is 21.5 Å². The van der Waals surface area contributed by atoms with E-state index in [2.05, 4.69) is 11.6 Å². The summed E-state index contributed by atoms with van der Waals surface area (Å²) in [6, 6.07) is 13.2. The molecule has 2 aromatic carbocycles. The fourth-order valence-corrected chi connectivity index (χ4v) is 3.92. The van der Waals surface area contributed by atoms with E-state index < -0.39 is 0 Å². The van der Waals surface area contributed by atoms with Crippen LogP contribution in [0.5, 0.6) is 5.75 Å². The highest BCUT2D eigenvalue weighted by Crippen LogP contribution is 2.27. The summed E-state index contributed by atoms with van der Waals surface area (Å²) in [4.78, 5) is 17.3. The topological polar surface area (TPSA) is 43.6 Å². The van der Waals surface area contributed by atoms with Gasteiger partial charge in [0, 0.05) is 17.6 Å². The molecule has 0 bridgehead atoms. The number of allylic oxidation sites excluding steroid dienone is 1. The van der Waals surface area contributed by atoms with Crippen molar-refractivity contribution in [2.24, 2.45) is 4.99 Å². The molecule has 1 heterocycles. The second-order valence-corrected chi connectivity index (χ2v) is 7.04. The van der Waals surface area contributed by atoms with Gasteiger partial charge < -0.3 is 9.30 Å². The summed E-state index contributed by atoms with van der Waals surface area (Å²) in [6.45, 7) is 6.85. The first-order valence-corrected chi connectivity index (χ1v) is 9.70. The van der Waals surface area contributed by atoms with E-state index in [1.165, 1.54) is 17.4 Å². The number of hydrogen-bond donors (Lipinski definition) is 0. The van der Waals surface area contributed by atoms with Gasteiger partial charge >= 0.3 is 0 Å². The van der Waals surface area contributed by atoms with E-state index in [-0.39, 0.29) is 5.91 Å².